The second kappa shape index (κ2) is 12.0. The van der Waals surface area contributed by atoms with E-state index in [9.17, 15) is 4.79 Å². The van der Waals surface area contributed by atoms with Crippen LogP contribution in [-0.4, -0.2) is 55.2 Å². The first-order chi connectivity index (χ1) is 17.0. The van der Waals surface area contributed by atoms with E-state index in [1.807, 2.05) is 56.3 Å². The van der Waals surface area contributed by atoms with Gasteiger partial charge in [-0.3, -0.25) is 4.79 Å². The number of pyridine rings is 1. The van der Waals surface area contributed by atoms with Crippen molar-refractivity contribution in [3.63, 3.8) is 0 Å². The van der Waals surface area contributed by atoms with Crippen LogP contribution in [0.5, 0.6) is 11.5 Å². The largest absolute Gasteiger partial charge is 0.497 e. The third kappa shape index (κ3) is 6.95. The summed E-state index contributed by atoms with van der Waals surface area (Å²) in [5, 5.41) is 3.96. The van der Waals surface area contributed by atoms with Crippen LogP contribution in [0.1, 0.15) is 45.1 Å². The first-order valence-electron chi connectivity index (χ1n) is 12.7. The number of fused-ring (bicyclic) bond motifs is 1. The van der Waals surface area contributed by atoms with Gasteiger partial charge < -0.3 is 19.7 Å². The van der Waals surface area contributed by atoms with E-state index in [4.69, 9.17) is 14.5 Å². The number of carbonyl (C=O) groups excluding carboxylic acids is 1. The second-order valence-electron chi connectivity index (χ2n) is 9.59. The van der Waals surface area contributed by atoms with Crippen LogP contribution in [0.25, 0.3) is 22.2 Å². The highest BCUT2D eigenvalue weighted by Crippen LogP contribution is 2.30. The second-order valence-corrected chi connectivity index (χ2v) is 9.59. The molecule has 4 rings (SSSR count). The Morgan fingerprint density at radius 2 is 1.89 bits per heavy atom. The van der Waals surface area contributed by atoms with Gasteiger partial charge in [-0.25, -0.2) is 4.98 Å². The average molecular weight is 476 g/mol. The SMILES string of the molecule is COc1cccc(-c2nc3ccc(OCCCN4CCCCC4)cc3cc2CC(=O)NC(C)C)c1. The number of hydrogen-bond acceptors (Lipinski definition) is 5. The molecule has 35 heavy (non-hydrogen) atoms. The molecular weight excluding hydrogens is 438 g/mol. The average Bonchev–Trinajstić information content (AvgIpc) is 2.86. The molecule has 0 spiro atoms. The molecule has 1 saturated heterocycles. The Bertz CT molecular complexity index is 1140. The van der Waals surface area contributed by atoms with Crippen LogP contribution < -0.4 is 14.8 Å². The van der Waals surface area contributed by atoms with Crippen molar-refractivity contribution in [3.8, 4) is 22.8 Å². The maximum absolute atomic E-state index is 12.6. The Morgan fingerprint density at radius 3 is 2.66 bits per heavy atom. The molecule has 6 heteroatoms. The molecule has 1 fully saturated rings. The number of piperidine rings is 1. The number of benzene rings is 2. The highest BCUT2D eigenvalue weighted by Gasteiger charge is 2.15. The van der Waals surface area contributed by atoms with E-state index in [-0.39, 0.29) is 18.4 Å². The van der Waals surface area contributed by atoms with E-state index in [2.05, 4.69) is 16.3 Å². The molecule has 2 heterocycles. The van der Waals surface area contributed by atoms with Gasteiger partial charge in [-0.2, -0.15) is 0 Å². The molecule has 186 valence electrons. The minimum atomic E-state index is -0.0181. The highest BCUT2D eigenvalue weighted by atomic mass is 16.5. The summed E-state index contributed by atoms with van der Waals surface area (Å²) < 4.78 is 11.5. The van der Waals surface area contributed by atoms with E-state index < -0.39 is 0 Å². The van der Waals surface area contributed by atoms with Gasteiger partial charge in [0.1, 0.15) is 11.5 Å². The maximum Gasteiger partial charge on any atom is 0.224 e. The third-order valence-electron chi connectivity index (χ3n) is 6.35. The Kier molecular flexibility index (Phi) is 8.59. The molecule has 1 aromatic heterocycles. The van der Waals surface area contributed by atoms with Gasteiger partial charge in [0.05, 0.1) is 31.3 Å². The lowest BCUT2D eigenvalue weighted by Gasteiger charge is -2.26. The summed E-state index contributed by atoms with van der Waals surface area (Å²) in [6, 6.07) is 16.0. The molecule has 1 amide bonds. The molecule has 0 saturated carbocycles. The summed E-state index contributed by atoms with van der Waals surface area (Å²) in [5.74, 6) is 1.58. The highest BCUT2D eigenvalue weighted by molar-refractivity contribution is 5.88. The van der Waals surface area contributed by atoms with Gasteiger partial charge in [-0.1, -0.05) is 18.6 Å². The summed E-state index contributed by atoms with van der Waals surface area (Å²) >= 11 is 0. The summed E-state index contributed by atoms with van der Waals surface area (Å²) in [7, 11) is 1.65. The molecule has 0 unspecified atom stereocenters. The van der Waals surface area contributed by atoms with Crippen LogP contribution in [0.15, 0.2) is 48.5 Å². The lowest BCUT2D eigenvalue weighted by atomic mass is 10.00. The molecule has 0 atom stereocenters. The molecule has 6 nitrogen and oxygen atoms in total. The Labute approximate surface area is 208 Å². The van der Waals surface area contributed by atoms with Crippen molar-refractivity contribution in [2.45, 2.75) is 52.0 Å². The number of aromatic nitrogens is 1. The van der Waals surface area contributed by atoms with E-state index in [0.29, 0.717) is 6.61 Å². The number of rotatable bonds is 10. The molecule has 0 radical (unpaired) electrons. The lowest BCUT2D eigenvalue weighted by molar-refractivity contribution is -0.120. The first kappa shape index (κ1) is 25.0. The van der Waals surface area contributed by atoms with Crippen molar-refractivity contribution in [1.29, 1.82) is 0 Å². The van der Waals surface area contributed by atoms with E-state index >= 15 is 0 Å². The zero-order chi connectivity index (χ0) is 24.6. The maximum atomic E-state index is 12.6. The van der Waals surface area contributed by atoms with Crippen molar-refractivity contribution in [3.05, 3.63) is 54.1 Å². The monoisotopic (exact) mass is 475 g/mol. The molecule has 1 aliphatic heterocycles. The van der Waals surface area contributed by atoms with Gasteiger partial charge in [0.15, 0.2) is 0 Å². The Balaban J connectivity index is 1.55. The Hall–Kier alpha value is -3.12. The van der Waals surface area contributed by atoms with Crippen molar-refractivity contribution in [2.75, 3.05) is 33.4 Å². The molecule has 0 bridgehead atoms. The van der Waals surface area contributed by atoms with E-state index in [1.165, 1.54) is 32.4 Å². The van der Waals surface area contributed by atoms with Crippen LogP contribution >= 0.6 is 0 Å². The van der Waals surface area contributed by atoms with Crippen molar-refractivity contribution < 1.29 is 14.3 Å². The number of ether oxygens (including phenoxy) is 2. The summed E-state index contributed by atoms with van der Waals surface area (Å²) in [6.45, 7) is 8.15. The lowest BCUT2D eigenvalue weighted by Crippen LogP contribution is -2.31. The van der Waals surface area contributed by atoms with Crippen LogP contribution in [0.2, 0.25) is 0 Å². The van der Waals surface area contributed by atoms with Crippen LogP contribution in [0.4, 0.5) is 0 Å². The number of likely N-dealkylation sites (tertiary alicyclic amines) is 1. The van der Waals surface area contributed by atoms with Gasteiger partial charge in [-0.05, 0) is 88.2 Å². The molecular formula is C29H37N3O3. The fourth-order valence-electron chi connectivity index (χ4n) is 4.65. The molecule has 2 aromatic carbocycles. The van der Waals surface area contributed by atoms with Crippen LogP contribution in [0.3, 0.4) is 0 Å². The van der Waals surface area contributed by atoms with Crippen LogP contribution in [0, 0.1) is 0 Å². The quantitative estimate of drug-likeness (QED) is 0.407. The van der Waals surface area contributed by atoms with Crippen molar-refractivity contribution in [1.82, 2.24) is 15.2 Å². The zero-order valence-corrected chi connectivity index (χ0v) is 21.2. The van der Waals surface area contributed by atoms with Gasteiger partial charge in [0.2, 0.25) is 5.91 Å². The minimum Gasteiger partial charge on any atom is -0.497 e. The molecule has 1 N–H and O–H groups in total. The van der Waals surface area contributed by atoms with Gasteiger partial charge in [-0.15, -0.1) is 0 Å². The Morgan fingerprint density at radius 1 is 1.06 bits per heavy atom. The smallest absolute Gasteiger partial charge is 0.224 e. The standard InChI is InChI=1S/C29H37N3O3/c1-21(2)30-28(33)20-24-17-23-19-26(35-16-8-15-32-13-5-4-6-14-32)11-12-27(23)31-29(24)22-9-7-10-25(18-22)34-3/h7,9-12,17-19,21H,4-6,8,13-16,20H2,1-3H3,(H,30,33). The van der Waals surface area contributed by atoms with Gasteiger partial charge in [0, 0.05) is 23.5 Å². The summed E-state index contributed by atoms with van der Waals surface area (Å²) in [5.41, 5.74) is 3.48. The number of nitrogens with one attached hydrogen (secondary N) is 1. The number of nitrogens with zero attached hydrogens (tertiary/aromatic N) is 2. The zero-order valence-electron chi connectivity index (χ0n) is 21.2. The normalized spacial score (nSPS) is 14.3. The number of carbonyl (C=O) groups is 1. The third-order valence-corrected chi connectivity index (χ3v) is 6.35. The topological polar surface area (TPSA) is 63.7 Å². The van der Waals surface area contributed by atoms with Gasteiger partial charge in [0.25, 0.3) is 0 Å². The fraction of sp³-hybridized carbons (Fsp3) is 0.448. The summed E-state index contributed by atoms with van der Waals surface area (Å²) in [4.78, 5) is 20.1. The van der Waals surface area contributed by atoms with Gasteiger partial charge >= 0.3 is 0 Å². The number of hydrogen-bond donors (Lipinski definition) is 1. The first-order valence-corrected chi connectivity index (χ1v) is 12.7. The van der Waals surface area contributed by atoms with Crippen LogP contribution in [-0.2, 0) is 11.2 Å². The molecule has 0 aliphatic carbocycles. The minimum absolute atomic E-state index is 0.0181. The number of methoxy groups -OCH3 is 1. The predicted octanol–water partition coefficient (Wildman–Crippen LogP) is 5.23. The number of amides is 1. The fourth-order valence-corrected chi connectivity index (χ4v) is 4.65. The molecule has 1 aliphatic rings. The summed E-state index contributed by atoms with van der Waals surface area (Å²) in [6.07, 6.45) is 5.26. The predicted molar refractivity (Wildman–Crippen MR) is 141 cm³/mol. The van der Waals surface area contributed by atoms with Crippen molar-refractivity contribution >= 4 is 16.8 Å². The van der Waals surface area contributed by atoms with Crippen molar-refractivity contribution in [2.24, 2.45) is 0 Å². The van der Waals surface area contributed by atoms with E-state index in [0.717, 1.165) is 52.2 Å². The van der Waals surface area contributed by atoms with E-state index in [1.54, 1.807) is 7.11 Å². The molecule has 3 aromatic rings.